The molecule has 42 heavy (non-hydrogen) atoms. The molecule has 1 spiro atoms. The van der Waals surface area contributed by atoms with E-state index in [0.717, 1.165) is 0 Å². The number of nitrogens with zero attached hydrogens (tertiary/aromatic N) is 1. The molecule has 2 aliphatic rings. The van der Waals surface area contributed by atoms with E-state index in [9.17, 15) is 14.4 Å². The van der Waals surface area contributed by atoms with Crippen molar-refractivity contribution in [1.82, 2.24) is 5.32 Å². The standard InChI is InChI=1S/C33H24Cl2N2O5/c1-41-30(39)32(36-28(38)22-8-4-2-5-9-22)26(20-12-16-24(34)17-13-20)27(21-14-18-25(35)19-15-21)33(32)31(40)42-29(37-33)23-10-6-3-7-11-23/h2-19,26-27H,1H3,(H,36,38)/t26-,27-,32+,33-/m1/s1. The summed E-state index contributed by atoms with van der Waals surface area (Å²) in [6, 6.07) is 31.2. The summed E-state index contributed by atoms with van der Waals surface area (Å²) in [7, 11) is 1.21. The van der Waals surface area contributed by atoms with Gasteiger partial charge in [-0.25, -0.2) is 14.6 Å². The SMILES string of the molecule is COC(=O)[C@@]1(NC(=O)c2ccccc2)[C@H](c2ccc(Cl)cc2)[C@@H](c2ccc(Cl)cc2)[C@]12N=C(c1ccccc1)OC2=O. The van der Waals surface area contributed by atoms with Crippen LogP contribution in [0.1, 0.15) is 38.9 Å². The average molecular weight is 599 g/mol. The highest BCUT2D eigenvalue weighted by molar-refractivity contribution is 6.30. The number of benzene rings is 4. The molecule has 6 rings (SSSR count). The number of hydrogen-bond acceptors (Lipinski definition) is 6. The minimum Gasteiger partial charge on any atom is -0.467 e. The quantitative estimate of drug-likeness (QED) is 0.276. The molecule has 1 aliphatic carbocycles. The van der Waals surface area contributed by atoms with E-state index in [4.69, 9.17) is 37.7 Å². The molecule has 0 saturated heterocycles. The number of nitrogens with one attached hydrogen (secondary N) is 1. The van der Waals surface area contributed by atoms with E-state index >= 15 is 0 Å². The van der Waals surface area contributed by atoms with Gasteiger partial charge in [0.1, 0.15) is 0 Å². The fourth-order valence-electron chi connectivity index (χ4n) is 6.15. The van der Waals surface area contributed by atoms with Gasteiger partial charge in [0.2, 0.25) is 11.4 Å². The van der Waals surface area contributed by atoms with Gasteiger partial charge in [-0.3, -0.25) is 4.79 Å². The van der Waals surface area contributed by atoms with E-state index < -0.39 is 40.8 Å². The van der Waals surface area contributed by atoms with Crippen molar-refractivity contribution in [2.45, 2.75) is 22.9 Å². The first-order valence-electron chi connectivity index (χ1n) is 13.2. The van der Waals surface area contributed by atoms with Crippen molar-refractivity contribution in [2.24, 2.45) is 4.99 Å². The Balaban J connectivity index is 1.64. The second-order valence-corrected chi connectivity index (χ2v) is 11.0. The molecule has 0 unspecified atom stereocenters. The van der Waals surface area contributed by atoms with Crippen LogP contribution >= 0.6 is 23.2 Å². The number of ether oxygens (including phenoxy) is 2. The van der Waals surface area contributed by atoms with Crippen LogP contribution in [0.5, 0.6) is 0 Å². The van der Waals surface area contributed by atoms with Gasteiger partial charge in [0.05, 0.1) is 7.11 Å². The normalized spacial score (nSPS) is 24.4. The highest BCUT2D eigenvalue weighted by atomic mass is 35.5. The maximum atomic E-state index is 14.3. The number of cyclic esters (lactones) is 1. The monoisotopic (exact) mass is 598 g/mol. The van der Waals surface area contributed by atoms with Crippen LogP contribution < -0.4 is 5.32 Å². The lowest BCUT2D eigenvalue weighted by atomic mass is 9.43. The summed E-state index contributed by atoms with van der Waals surface area (Å²) in [5.74, 6) is -3.75. The van der Waals surface area contributed by atoms with Crippen LogP contribution in [0.3, 0.4) is 0 Å². The number of hydrogen-bond donors (Lipinski definition) is 1. The summed E-state index contributed by atoms with van der Waals surface area (Å²) in [6.07, 6.45) is 0. The summed E-state index contributed by atoms with van der Waals surface area (Å²) < 4.78 is 11.2. The summed E-state index contributed by atoms with van der Waals surface area (Å²) >= 11 is 12.5. The van der Waals surface area contributed by atoms with Crippen molar-refractivity contribution in [3.63, 3.8) is 0 Å². The first kappa shape index (κ1) is 27.7. The molecule has 4 aromatic carbocycles. The molecule has 1 fully saturated rings. The Morgan fingerprint density at radius 3 is 1.86 bits per heavy atom. The Kier molecular flexibility index (Phi) is 7.09. The maximum absolute atomic E-state index is 14.3. The van der Waals surface area contributed by atoms with Crippen molar-refractivity contribution >= 4 is 46.9 Å². The van der Waals surface area contributed by atoms with Crippen LogP contribution in [-0.4, -0.2) is 41.9 Å². The van der Waals surface area contributed by atoms with Gasteiger partial charge in [-0.2, -0.15) is 0 Å². The lowest BCUT2D eigenvalue weighted by molar-refractivity contribution is -0.172. The Morgan fingerprint density at radius 1 is 0.786 bits per heavy atom. The Morgan fingerprint density at radius 2 is 1.31 bits per heavy atom. The first-order valence-corrected chi connectivity index (χ1v) is 13.9. The van der Waals surface area contributed by atoms with Crippen molar-refractivity contribution in [2.75, 3.05) is 7.11 Å². The topological polar surface area (TPSA) is 94.1 Å². The largest absolute Gasteiger partial charge is 0.467 e. The number of carbonyl (C=O) groups excluding carboxylic acids is 3. The minimum atomic E-state index is -2.00. The van der Waals surface area contributed by atoms with E-state index in [0.29, 0.717) is 32.3 Å². The molecule has 9 heteroatoms. The molecule has 4 atom stereocenters. The number of carbonyl (C=O) groups is 3. The molecule has 1 N–H and O–H groups in total. The number of amides is 1. The van der Waals surface area contributed by atoms with Gasteiger partial charge in [-0.1, -0.05) is 83.9 Å². The lowest BCUT2D eigenvalue weighted by Gasteiger charge is -2.62. The predicted molar refractivity (Wildman–Crippen MR) is 159 cm³/mol. The highest BCUT2D eigenvalue weighted by Gasteiger charge is 2.84. The Bertz CT molecular complexity index is 1690. The molecule has 1 heterocycles. The van der Waals surface area contributed by atoms with E-state index in [2.05, 4.69) is 5.32 Å². The average Bonchev–Trinajstić information content (AvgIpc) is 3.39. The summed E-state index contributed by atoms with van der Waals surface area (Å²) in [5.41, 5.74) is -1.78. The van der Waals surface area contributed by atoms with Gasteiger partial charge < -0.3 is 14.8 Å². The summed E-state index contributed by atoms with van der Waals surface area (Å²) in [5, 5.41) is 3.90. The minimum absolute atomic E-state index is 0.0383. The second-order valence-electron chi connectivity index (χ2n) is 10.1. The van der Waals surface area contributed by atoms with Crippen molar-refractivity contribution in [1.29, 1.82) is 0 Å². The molecule has 0 aromatic heterocycles. The van der Waals surface area contributed by atoms with Crippen molar-refractivity contribution < 1.29 is 23.9 Å². The summed E-state index contributed by atoms with van der Waals surface area (Å²) in [4.78, 5) is 47.1. The van der Waals surface area contributed by atoms with Gasteiger partial charge >= 0.3 is 11.9 Å². The van der Waals surface area contributed by atoms with Gasteiger partial charge in [0, 0.05) is 33.0 Å². The van der Waals surface area contributed by atoms with Crippen LogP contribution in [-0.2, 0) is 19.1 Å². The van der Waals surface area contributed by atoms with Crippen LogP contribution in [0.2, 0.25) is 10.0 Å². The van der Waals surface area contributed by atoms with Gasteiger partial charge in [0.25, 0.3) is 5.91 Å². The number of methoxy groups -OCH3 is 1. The molecule has 4 aromatic rings. The van der Waals surface area contributed by atoms with Crippen molar-refractivity contribution in [3.8, 4) is 0 Å². The van der Waals surface area contributed by atoms with E-state index in [1.165, 1.54) is 7.11 Å². The van der Waals surface area contributed by atoms with Gasteiger partial charge in [-0.05, 0) is 59.7 Å². The zero-order chi connectivity index (χ0) is 29.5. The Labute approximate surface area is 252 Å². The van der Waals surface area contributed by atoms with Gasteiger partial charge in [0.15, 0.2) is 5.54 Å². The smallest absolute Gasteiger partial charge is 0.344 e. The van der Waals surface area contributed by atoms with Crippen molar-refractivity contribution in [3.05, 3.63) is 141 Å². The summed E-state index contributed by atoms with van der Waals surface area (Å²) in [6.45, 7) is 0. The van der Waals surface area contributed by atoms with E-state index in [-0.39, 0.29) is 5.90 Å². The molecule has 0 bridgehead atoms. The van der Waals surface area contributed by atoms with E-state index in [1.54, 1.807) is 103 Å². The van der Waals surface area contributed by atoms with E-state index in [1.807, 2.05) is 6.07 Å². The molecular formula is C33H24Cl2N2O5. The van der Waals surface area contributed by atoms with Crippen LogP contribution in [0.15, 0.2) is 114 Å². The number of esters is 2. The third-order valence-corrected chi connectivity index (χ3v) is 8.47. The third-order valence-electron chi connectivity index (χ3n) is 7.96. The molecule has 1 amide bonds. The van der Waals surface area contributed by atoms with Crippen LogP contribution in [0, 0.1) is 0 Å². The second kappa shape index (κ2) is 10.7. The fourth-order valence-corrected chi connectivity index (χ4v) is 6.40. The zero-order valence-electron chi connectivity index (χ0n) is 22.3. The molecule has 1 aliphatic heterocycles. The molecule has 0 radical (unpaired) electrons. The molecule has 1 saturated carbocycles. The lowest BCUT2D eigenvalue weighted by Crippen LogP contribution is -2.84. The number of aliphatic imine (C=N–C) groups is 1. The highest BCUT2D eigenvalue weighted by Crippen LogP contribution is 2.66. The van der Waals surface area contributed by atoms with Gasteiger partial charge in [-0.15, -0.1) is 0 Å². The van der Waals surface area contributed by atoms with Crippen LogP contribution in [0.4, 0.5) is 0 Å². The first-order chi connectivity index (χ1) is 20.3. The molecule has 7 nitrogen and oxygen atoms in total. The third kappa shape index (κ3) is 4.19. The number of halogens is 2. The number of rotatable bonds is 6. The fraction of sp³-hybridized carbons (Fsp3) is 0.152. The zero-order valence-corrected chi connectivity index (χ0v) is 23.8. The van der Waals surface area contributed by atoms with Crippen LogP contribution in [0.25, 0.3) is 0 Å². The Hall–Kier alpha value is -4.46. The maximum Gasteiger partial charge on any atom is 0.344 e. The molecule has 210 valence electrons. The predicted octanol–water partition coefficient (Wildman–Crippen LogP) is 5.96. The molecular weight excluding hydrogens is 575 g/mol.